The van der Waals surface area contributed by atoms with E-state index in [-0.39, 0.29) is 5.91 Å². The van der Waals surface area contributed by atoms with E-state index in [1.165, 1.54) is 0 Å². The third kappa shape index (κ3) is 3.95. The van der Waals surface area contributed by atoms with Crippen molar-refractivity contribution in [3.05, 3.63) is 42.0 Å². The van der Waals surface area contributed by atoms with Gasteiger partial charge in [-0.05, 0) is 41.0 Å². The van der Waals surface area contributed by atoms with Crippen LogP contribution in [-0.2, 0) is 11.3 Å². The van der Waals surface area contributed by atoms with Gasteiger partial charge in [-0.25, -0.2) is 0 Å². The van der Waals surface area contributed by atoms with E-state index in [0.717, 1.165) is 28.5 Å². The number of carbonyl (C=O) groups is 1. The fourth-order valence-corrected chi connectivity index (χ4v) is 2.27. The normalized spacial score (nSPS) is 12.1. The average Bonchev–Trinajstić information content (AvgIpc) is 2.52. The van der Waals surface area contributed by atoms with Gasteiger partial charge in [0, 0.05) is 6.54 Å². The van der Waals surface area contributed by atoms with Crippen LogP contribution in [0, 0.1) is 0 Å². The van der Waals surface area contributed by atoms with E-state index < -0.39 is 6.04 Å². The molecule has 4 nitrogen and oxygen atoms in total. The molecule has 0 bridgehead atoms. The zero-order valence-corrected chi connectivity index (χ0v) is 12.6. The molecule has 2 rings (SSSR count). The van der Waals surface area contributed by atoms with Gasteiger partial charge in [0.25, 0.3) is 0 Å². The Morgan fingerprint density at radius 3 is 2.67 bits per heavy atom. The van der Waals surface area contributed by atoms with Crippen molar-refractivity contribution < 1.29 is 9.53 Å². The molecule has 0 saturated heterocycles. The molecule has 21 heavy (non-hydrogen) atoms. The summed E-state index contributed by atoms with van der Waals surface area (Å²) in [6, 6.07) is 11.6. The van der Waals surface area contributed by atoms with Gasteiger partial charge in [0.1, 0.15) is 5.75 Å². The van der Waals surface area contributed by atoms with Crippen LogP contribution in [0.4, 0.5) is 0 Å². The monoisotopic (exact) mass is 286 g/mol. The van der Waals surface area contributed by atoms with Gasteiger partial charge in [-0.2, -0.15) is 0 Å². The molecule has 3 N–H and O–H groups in total. The van der Waals surface area contributed by atoms with E-state index in [9.17, 15) is 4.79 Å². The first kappa shape index (κ1) is 15.3. The third-order valence-electron chi connectivity index (χ3n) is 3.52. The number of ether oxygens (including phenoxy) is 1. The van der Waals surface area contributed by atoms with Crippen LogP contribution in [0.5, 0.6) is 5.75 Å². The quantitative estimate of drug-likeness (QED) is 0.858. The minimum absolute atomic E-state index is 0.0910. The van der Waals surface area contributed by atoms with E-state index in [2.05, 4.69) is 11.4 Å². The highest BCUT2D eigenvalue weighted by molar-refractivity contribution is 5.85. The Kier molecular flexibility index (Phi) is 5.17. The minimum atomic E-state index is -0.417. The first-order chi connectivity index (χ1) is 10.1. The van der Waals surface area contributed by atoms with Crippen LogP contribution in [-0.4, -0.2) is 19.1 Å². The average molecular weight is 286 g/mol. The summed E-state index contributed by atoms with van der Waals surface area (Å²) >= 11 is 0. The second kappa shape index (κ2) is 7.09. The highest BCUT2D eigenvalue weighted by atomic mass is 16.5. The number of hydrogen-bond acceptors (Lipinski definition) is 3. The number of amides is 1. The minimum Gasteiger partial charge on any atom is -0.497 e. The molecule has 0 radical (unpaired) electrons. The Morgan fingerprint density at radius 2 is 1.95 bits per heavy atom. The molecule has 0 aliphatic rings. The molecule has 4 heteroatoms. The lowest BCUT2D eigenvalue weighted by Gasteiger charge is -2.11. The van der Waals surface area contributed by atoms with Gasteiger partial charge in [-0.15, -0.1) is 0 Å². The number of nitrogens with one attached hydrogen (secondary N) is 1. The molecule has 112 valence electrons. The number of methoxy groups -OCH3 is 1. The van der Waals surface area contributed by atoms with Gasteiger partial charge in [0.2, 0.25) is 5.91 Å². The van der Waals surface area contributed by atoms with E-state index in [1.807, 2.05) is 37.3 Å². The van der Waals surface area contributed by atoms with E-state index >= 15 is 0 Å². The summed E-state index contributed by atoms with van der Waals surface area (Å²) in [5.41, 5.74) is 6.85. The SMILES string of the molecule is CCC[C@H](N)C(=O)NCc1ccc2cc(OC)ccc2c1. The highest BCUT2D eigenvalue weighted by Gasteiger charge is 2.11. The Labute approximate surface area is 125 Å². The Bertz CT molecular complexity index is 625. The molecule has 0 spiro atoms. The maximum atomic E-state index is 11.8. The van der Waals surface area contributed by atoms with Crippen molar-refractivity contribution in [1.29, 1.82) is 0 Å². The van der Waals surface area contributed by atoms with E-state index in [0.29, 0.717) is 13.0 Å². The zero-order chi connectivity index (χ0) is 15.2. The van der Waals surface area contributed by atoms with Crippen LogP contribution in [0.25, 0.3) is 10.8 Å². The lowest BCUT2D eigenvalue weighted by Crippen LogP contribution is -2.40. The number of rotatable bonds is 6. The summed E-state index contributed by atoms with van der Waals surface area (Å²) in [5.74, 6) is 0.751. The van der Waals surface area contributed by atoms with Crippen molar-refractivity contribution in [2.45, 2.75) is 32.4 Å². The van der Waals surface area contributed by atoms with Gasteiger partial charge in [-0.1, -0.05) is 31.5 Å². The van der Waals surface area contributed by atoms with Crippen LogP contribution < -0.4 is 15.8 Å². The molecule has 1 amide bonds. The molecule has 0 aliphatic heterocycles. The van der Waals surface area contributed by atoms with Crippen LogP contribution in [0.15, 0.2) is 36.4 Å². The molecule has 1 atom stereocenters. The Morgan fingerprint density at radius 1 is 1.24 bits per heavy atom. The zero-order valence-electron chi connectivity index (χ0n) is 12.6. The summed E-state index contributed by atoms with van der Waals surface area (Å²) < 4.78 is 5.21. The standard InChI is InChI=1S/C17H22N2O2/c1-3-4-16(18)17(20)19-11-12-5-6-14-10-15(21-2)8-7-13(14)9-12/h5-10,16H,3-4,11,18H2,1-2H3,(H,19,20)/t16-/m0/s1. The van der Waals surface area contributed by atoms with Crippen molar-refractivity contribution >= 4 is 16.7 Å². The van der Waals surface area contributed by atoms with Crippen molar-refractivity contribution in [2.24, 2.45) is 5.73 Å². The fourth-order valence-electron chi connectivity index (χ4n) is 2.27. The topological polar surface area (TPSA) is 64.4 Å². The van der Waals surface area contributed by atoms with Crippen LogP contribution in [0.1, 0.15) is 25.3 Å². The second-order valence-electron chi connectivity index (χ2n) is 5.16. The van der Waals surface area contributed by atoms with Gasteiger partial charge >= 0.3 is 0 Å². The highest BCUT2D eigenvalue weighted by Crippen LogP contribution is 2.21. The molecule has 2 aromatic rings. The first-order valence-electron chi connectivity index (χ1n) is 7.24. The summed E-state index contributed by atoms with van der Waals surface area (Å²) in [7, 11) is 1.66. The van der Waals surface area contributed by atoms with Crippen LogP contribution in [0.3, 0.4) is 0 Å². The lowest BCUT2D eigenvalue weighted by atomic mass is 10.1. The van der Waals surface area contributed by atoms with E-state index in [4.69, 9.17) is 10.5 Å². The molecule has 0 unspecified atom stereocenters. The molecular weight excluding hydrogens is 264 g/mol. The number of carbonyl (C=O) groups excluding carboxylic acids is 1. The van der Waals surface area contributed by atoms with Crippen molar-refractivity contribution in [1.82, 2.24) is 5.32 Å². The summed E-state index contributed by atoms with van der Waals surface area (Å²) in [5, 5.41) is 5.13. The predicted molar refractivity (Wildman–Crippen MR) is 85.2 cm³/mol. The first-order valence-corrected chi connectivity index (χ1v) is 7.24. The molecule has 0 fully saturated rings. The molecule has 0 aromatic heterocycles. The van der Waals surface area contributed by atoms with Gasteiger partial charge < -0.3 is 15.8 Å². The smallest absolute Gasteiger partial charge is 0.237 e. The van der Waals surface area contributed by atoms with E-state index in [1.54, 1.807) is 7.11 Å². The molecule has 0 saturated carbocycles. The maximum Gasteiger partial charge on any atom is 0.237 e. The number of nitrogens with two attached hydrogens (primary N) is 1. The van der Waals surface area contributed by atoms with Crippen molar-refractivity contribution in [3.63, 3.8) is 0 Å². The number of hydrogen-bond donors (Lipinski definition) is 2. The molecule has 2 aromatic carbocycles. The van der Waals surface area contributed by atoms with Gasteiger partial charge in [0.15, 0.2) is 0 Å². The molecule has 0 heterocycles. The number of benzene rings is 2. The number of fused-ring (bicyclic) bond motifs is 1. The molecule has 0 aliphatic carbocycles. The summed E-state index contributed by atoms with van der Waals surface area (Å²) in [6.45, 7) is 2.52. The van der Waals surface area contributed by atoms with Gasteiger partial charge in [-0.3, -0.25) is 4.79 Å². The third-order valence-corrected chi connectivity index (χ3v) is 3.52. The fraction of sp³-hybridized carbons (Fsp3) is 0.353. The largest absolute Gasteiger partial charge is 0.497 e. The summed E-state index contributed by atoms with van der Waals surface area (Å²) in [6.07, 6.45) is 1.62. The van der Waals surface area contributed by atoms with Crippen molar-refractivity contribution in [2.75, 3.05) is 7.11 Å². The van der Waals surface area contributed by atoms with Crippen LogP contribution >= 0.6 is 0 Å². The maximum absolute atomic E-state index is 11.8. The van der Waals surface area contributed by atoms with Gasteiger partial charge in [0.05, 0.1) is 13.2 Å². The second-order valence-corrected chi connectivity index (χ2v) is 5.16. The van der Waals surface area contributed by atoms with Crippen molar-refractivity contribution in [3.8, 4) is 5.75 Å². The lowest BCUT2D eigenvalue weighted by molar-refractivity contribution is -0.122. The Balaban J connectivity index is 2.04. The summed E-state index contributed by atoms with van der Waals surface area (Å²) in [4.78, 5) is 11.8. The molecular formula is C17H22N2O2. The van der Waals surface area contributed by atoms with Crippen LogP contribution in [0.2, 0.25) is 0 Å². The predicted octanol–water partition coefficient (Wildman–Crippen LogP) is 2.59. The Hall–Kier alpha value is -2.07.